The van der Waals surface area contributed by atoms with Crippen LogP contribution in [0.4, 0.5) is 3.89 Å². The summed E-state index contributed by atoms with van der Waals surface area (Å²) in [6, 6.07) is 3.28. The third-order valence-corrected chi connectivity index (χ3v) is 5.18. The van der Waals surface area contributed by atoms with Crippen molar-refractivity contribution in [2.45, 2.75) is 12.5 Å². The van der Waals surface area contributed by atoms with Crippen LogP contribution in [0.25, 0.3) is 11.0 Å². The first-order chi connectivity index (χ1) is 9.19. The molecule has 0 bridgehead atoms. The van der Waals surface area contributed by atoms with Crippen molar-refractivity contribution < 1.29 is 8.62 Å². The Hall–Kier alpha value is -0.300. The maximum absolute atomic E-state index is 13.1. The predicted octanol–water partition coefficient (Wildman–Crippen LogP) is 4.61. The lowest BCUT2D eigenvalue weighted by Gasteiger charge is -2.12. The fourth-order valence-electron chi connectivity index (χ4n) is 1.96. The summed E-state index contributed by atoms with van der Waals surface area (Å²) in [5, 5.41) is 0.503. The maximum atomic E-state index is 13.1. The zero-order valence-corrected chi connectivity index (χ0v) is 12.8. The highest BCUT2D eigenvalue weighted by molar-refractivity contribution is 7.99. The van der Waals surface area contributed by atoms with Crippen LogP contribution in [-0.4, -0.2) is 26.6 Å². The van der Waals surface area contributed by atoms with Gasteiger partial charge >= 0.3 is 0 Å². The van der Waals surface area contributed by atoms with Crippen molar-refractivity contribution in [3.63, 3.8) is 0 Å². The topological polar surface area (TPSA) is 27.1 Å². The second-order valence-electron chi connectivity index (χ2n) is 4.11. The molecule has 1 atom stereocenters. The number of hydrogen-bond donors (Lipinski definition) is 0. The van der Waals surface area contributed by atoms with E-state index in [-0.39, 0.29) is 23.6 Å². The van der Waals surface area contributed by atoms with E-state index in [1.54, 1.807) is 12.1 Å². The first-order valence-corrected chi connectivity index (χ1v) is 8.18. The molecule has 0 aromatic carbocycles. The van der Waals surface area contributed by atoms with Gasteiger partial charge in [0.25, 0.3) is 0 Å². The molecule has 8 heteroatoms. The molecule has 1 aliphatic heterocycles. The van der Waals surface area contributed by atoms with Gasteiger partial charge in [-0.3, -0.25) is 0 Å². The molecule has 0 spiro atoms. The van der Waals surface area contributed by atoms with Crippen LogP contribution in [0, 0.1) is 0 Å². The minimum absolute atomic E-state index is 0.0726. The number of thioether (sulfide) groups is 1. The monoisotopic (exact) mass is 338 g/mol. The van der Waals surface area contributed by atoms with E-state index < -0.39 is 0 Å². The molecule has 0 saturated carbocycles. The molecule has 3 heterocycles. The van der Waals surface area contributed by atoms with Gasteiger partial charge in [0, 0.05) is 11.8 Å². The number of fused-ring (bicyclic) bond motifs is 1. The van der Waals surface area contributed by atoms with Crippen molar-refractivity contribution in [2.24, 2.45) is 0 Å². The van der Waals surface area contributed by atoms with Crippen molar-refractivity contribution in [1.82, 2.24) is 8.96 Å². The zero-order valence-electron chi connectivity index (χ0n) is 9.61. The summed E-state index contributed by atoms with van der Waals surface area (Å²) in [4.78, 5) is 4.13. The molecule has 1 unspecified atom stereocenters. The van der Waals surface area contributed by atoms with Gasteiger partial charge in [-0.05, 0) is 18.2 Å². The number of halogens is 3. The van der Waals surface area contributed by atoms with Crippen LogP contribution in [-0.2, 0) is 0 Å². The highest BCUT2D eigenvalue weighted by Crippen LogP contribution is 2.35. The summed E-state index contributed by atoms with van der Waals surface area (Å²) >= 11 is 13.7. The number of aromatic nitrogens is 2. The molecule has 19 heavy (non-hydrogen) atoms. The molecule has 0 amide bonds. The molecule has 0 aliphatic carbocycles. The summed E-state index contributed by atoms with van der Waals surface area (Å²) in [6.07, 6.45) is 1.09. The van der Waals surface area contributed by atoms with Gasteiger partial charge in [-0.15, -0.1) is 3.89 Å². The average Bonchev–Trinajstić information content (AvgIpc) is 2.98. The van der Waals surface area contributed by atoms with Crippen LogP contribution >= 0.6 is 47.3 Å². The largest absolute Gasteiger partial charge is 0.474 e. The van der Waals surface area contributed by atoms with Crippen molar-refractivity contribution in [1.29, 1.82) is 0 Å². The van der Waals surface area contributed by atoms with Crippen LogP contribution in [0.15, 0.2) is 12.1 Å². The third kappa shape index (κ3) is 2.63. The van der Waals surface area contributed by atoms with Gasteiger partial charge in [-0.1, -0.05) is 23.2 Å². The SMILES string of the molecule is FSn1c(OC2CCSC2)cc2nc(Cl)c(Cl)cc21. The van der Waals surface area contributed by atoms with E-state index in [2.05, 4.69) is 4.98 Å². The Morgan fingerprint density at radius 3 is 3.00 bits per heavy atom. The van der Waals surface area contributed by atoms with Gasteiger partial charge in [0.2, 0.25) is 5.88 Å². The minimum Gasteiger partial charge on any atom is -0.474 e. The Morgan fingerprint density at radius 2 is 2.32 bits per heavy atom. The quantitative estimate of drug-likeness (QED) is 0.763. The van der Waals surface area contributed by atoms with Crippen LogP contribution in [0.3, 0.4) is 0 Å². The van der Waals surface area contributed by atoms with Crippen LogP contribution in [0.1, 0.15) is 6.42 Å². The standard InChI is InChI=1S/C11H9Cl2FN2OS2/c12-7-3-9-8(15-11(7)13)4-10(16(9)19-14)17-6-1-2-18-5-6/h3-4,6H,1-2,5H2. The lowest BCUT2D eigenvalue weighted by molar-refractivity contribution is 0.220. The van der Waals surface area contributed by atoms with E-state index in [1.165, 1.54) is 3.97 Å². The maximum Gasteiger partial charge on any atom is 0.208 e. The van der Waals surface area contributed by atoms with Gasteiger partial charge in [0.1, 0.15) is 11.3 Å². The van der Waals surface area contributed by atoms with Crippen LogP contribution in [0.2, 0.25) is 10.2 Å². The fraction of sp³-hybridized carbons (Fsp3) is 0.364. The smallest absolute Gasteiger partial charge is 0.208 e. The average molecular weight is 339 g/mol. The van der Waals surface area contributed by atoms with Crippen LogP contribution in [0.5, 0.6) is 5.88 Å². The number of rotatable bonds is 3. The van der Waals surface area contributed by atoms with E-state index in [0.29, 0.717) is 21.9 Å². The normalized spacial score (nSPS) is 19.2. The number of hydrogen-bond acceptors (Lipinski definition) is 4. The summed E-state index contributed by atoms with van der Waals surface area (Å²) in [5.41, 5.74) is 1.13. The number of nitrogens with zero attached hydrogens (tertiary/aromatic N) is 2. The molecule has 0 N–H and O–H groups in total. The second-order valence-corrected chi connectivity index (χ2v) is 6.53. The zero-order chi connectivity index (χ0) is 13.4. The Bertz CT molecular complexity index is 616. The molecule has 1 saturated heterocycles. The molecule has 2 aromatic rings. The third-order valence-electron chi connectivity index (χ3n) is 2.87. The Kier molecular flexibility index (Phi) is 4.03. The minimum atomic E-state index is 0.0726. The summed E-state index contributed by atoms with van der Waals surface area (Å²) in [7, 11) is 0. The van der Waals surface area contributed by atoms with Gasteiger partial charge in [-0.2, -0.15) is 11.8 Å². The van der Waals surface area contributed by atoms with E-state index in [4.69, 9.17) is 27.9 Å². The van der Waals surface area contributed by atoms with Gasteiger partial charge in [0.05, 0.1) is 16.1 Å². The first-order valence-electron chi connectivity index (χ1n) is 5.60. The highest BCUT2D eigenvalue weighted by atomic mass is 35.5. The van der Waals surface area contributed by atoms with E-state index in [1.807, 2.05) is 11.8 Å². The van der Waals surface area contributed by atoms with Gasteiger partial charge in [0.15, 0.2) is 12.3 Å². The lowest BCUT2D eigenvalue weighted by atomic mass is 10.3. The number of ether oxygens (including phenoxy) is 1. The predicted molar refractivity (Wildman–Crippen MR) is 80.2 cm³/mol. The Balaban J connectivity index is 2.03. The molecular formula is C11H9Cl2FN2OS2. The van der Waals surface area contributed by atoms with Crippen molar-refractivity contribution >= 4 is 58.3 Å². The van der Waals surface area contributed by atoms with Gasteiger partial charge < -0.3 is 4.74 Å². The van der Waals surface area contributed by atoms with E-state index in [9.17, 15) is 3.89 Å². The van der Waals surface area contributed by atoms with Gasteiger partial charge in [-0.25, -0.2) is 8.96 Å². The molecule has 1 aliphatic rings. The van der Waals surface area contributed by atoms with Crippen molar-refractivity contribution in [3.8, 4) is 5.88 Å². The summed E-state index contributed by atoms with van der Waals surface area (Å²) in [5.74, 6) is 2.44. The van der Waals surface area contributed by atoms with Crippen molar-refractivity contribution in [3.05, 3.63) is 22.3 Å². The highest BCUT2D eigenvalue weighted by Gasteiger charge is 2.21. The molecule has 102 valence electrons. The first kappa shape index (κ1) is 13.7. The second kappa shape index (κ2) is 5.60. The Labute approximate surface area is 128 Å². The Morgan fingerprint density at radius 1 is 1.47 bits per heavy atom. The lowest BCUT2D eigenvalue weighted by Crippen LogP contribution is -2.15. The molecule has 2 aromatic heterocycles. The van der Waals surface area contributed by atoms with Crippen molar-refractivity contribution in [2.75, 3.05) is 11.5 Å². The van der Waals surface area contributed by atoms with E-state index >= 15 is 0 Å². The number of pyridine rings is 1. The van der Waals surface area contributed by atoms with Crippen LogP contribution < -0.4 is 4.74 Å². The fourth-order valence-corrected chi connectivity index (χ4v) is 3.73. The molecular weight excluding hydrogens is 330 g/mol. The molecule has 1 fully saturated rings. The van der Waals surface area contributed by atoms with E-state index in [0.717, 1.165) is 17.9 Å². The summed E-state index contributed by atoms with van der Waals surface area (Å²) in [6.45, 7) is 0. The molecule has 3 nitrogen and oxygen atoms in total. The molecule has 3 rings (SSSR count). The molecule has 0 radical (unpaired) electrons. The summed E-state index contributed by atoms with van der Waals surface area (Å²) < 4.78 is 20.3.